The average Bonchev–Trinajstić information content (AvgIpc) is 2.39. The van der Waals surface area contributed by atoms with Crippen LogP contribution in [0.2, 0.25) is 0 Å². The summed E-state index contributed by atoms with van der Waals surface area (Å²) in [6.45, 7) is 13.0. The van der Waals surface area contributed by atoms with Gasteiger partial charge >= 0.3 is 0 Å². The van der Waals surface area contributed by atoms with Gasteiger partial charge in [-0.1, -0.05) is 6.92 Å². The molecule has 2 heterocycles. The van der Waals surface area contributed by atoms with Gasteiger partial charge in [0.05, 0.1) is 0 Å². The van der Waals surface area contributed by atoms with Gasteiger partial charge in [0, 0.05) is 30.1 Å². The summed E-state index contributed by atoms with van der Waals surface area (Å²) in [4.78, 5) is 15.0. The zero-order valence-corrected chi connectivity index (χ0v) is 13.6. The molecule has 2 fully saturated rings. The lowest BCUT2D eigenvalue weighted by atomic mass is 9.80. The van der Waals surface area contributed by atoms with Crippen molar-refractivity contribution >= 4 is 5.91 Å². The molecule has 0 bridgehead atoms. The van der Waals surface area contributed by atoms with Gasteiger partial charge < -0.3 is 10.6 Å². The van der Waals surface area contributed by atoms with E-state index in [0.29, 0.717) is 6.04 Å². The molecule has 2 saturated heterocycles. The zero-order valence-electron chi connectivity index (χ0n) is 13.6. The summed E-state index contributed by atoms with van der Waals surface area (Å²) < 4.78 is 0. The summed E-state index contributed by atoms with van der Waals surface area (Å²) in [6, 6.07) is 0.368. The number of carbonyl (C=O) groups excluding carboxylic acids is 1. The molecule has 1 amide bonds. The predicted molar refractivity (Wildman–Crippen MR) is 82.7 cm³/mol. The molecule has 0 aliphatic carbocycles. The van der Waals surface area contributed by atoms with E-state index in [1.54, 1.807) is 0 Å². The first-order valence-corrected chi connectivity index (χ1v) is 8.08. The summed E-state index contributed by atoms with van der Waals surface area (Å²) in [5.41, 5.74) is 0.0857. The Bertz CT molecular complexity index is 334. The smallest absolute Gasteiger partial charge is 0.226 e. The van der Waals surface area contributed by atoms with E-state index in [2.05, 4.69) is 43.2 Å². The van der Waals surface area contributed by atoms with Gasteiger partial charge in [0.1, 0.15) is 0 Å². The molecule has 2 aliphatic rings. The van der Waals surface area contributed by atoms with Gasteiger partial charge in [0.25, 0.3) is 0 Å². The molecule has 0 saturated carbocycles. The highest BCUT2D eigenvalue weighted by Gasteiger charge is 2.36. The summed E-state index contributed by atoms with van der Waals surface area (Å²) in [5, 5.41) is 6.64. The first kappa shape index (κ1) is 15.8. The third-order valence-electron chi connectivity index (χ3n) is 5.03. The Hall–Kier alpha value is -0.610. The van der Waals surface area contributed by atoms with E-state index in [0.717, 1.165) is 51.9 Å². The van der Waals surface area contributed by atoms with Crippen LogP contribution in [0.15, 0.2) is 0 Å². The molecule has 2 rings (SSSR count). The van der Waals surface area contributed by atoms with E-state index >= 15 is 0 Å². The molecule has 20 heavy (non-hydrogen) atoms. The zero-order chi connectivity index (χ0) is 14.8. The predicted octanol–water partition coefficient (Wildman–Crippen LogP) is 1.76. The van der Waals surface area contributed by atoms with Crippen LogP contribution in [0.3, 0.4) is 0 Å². The van der Waals surface area contributed by atoms with Crippen LogP contribution in [0.25, 0.3) is 0 Å². The Morgan fingerprint density at radius 2 is 1.75 bits per heavy atom. The number of hydrogen-bond donors (Lipinski definition) is 2. The summed E-state index contributed by atoms with van der Waals surface area (Å²) in [5.74, 6) is 0.271. The van der Waals surface area contributed by atoms with Crippen molar-refractivity contribution in [2.45, 2.75) is 65.0 Å². The minimum atomic E-state index is -0.160. The van der Waals surface area contributed by atoms with Crippen molar-refractivity contribution < 1.29 is 4.79 Å². The highest BCUT2D eigenvalue weighted by Crippen LogP contribution is 2.29. The second-order valence-corrected chi connectivity index (χ2v) is 7.72. The van der Waals surface area contributed by atoms with Crippen molar-refractivity contribution in [2.24, 2.45) is 5.41 Å². The maximum atomic E-state index is 12.5. The van der Waals surface area contributed by atoms with Gasteiger partial charge in [-0.15, -0.1) is 0 Å². The maximum Gasteiger partial charge on any atom is 0.226 e. The summed E-state index contributed by atoms with van der Waals surface area (Å²) in [6.07, 6.45) is 4.08. The topological polar surface area (TPSA) is 44.4 Å². The molecule has 4 nitrogen and oxygen atoms in total. The van der Waals surface area contributed by atoms with E-state index in [1.165, 1.54) is 0 Å². The third kappa shape index (κ3) is 3.73. The van der Waals surface area contributed by atoms with Crippen LogP contribution in [0.1, 0.15) is 53.4 Å². The number of amides is 1. The monoisotopic (exact) mass is 281 g/mol. The van der Waals surface area contributed by atoms with Crippen LogP contribution < -0.4 is 10.6 Å². The van der Waals surface area contributed by atoms with Crippen LogP contribution in [0, 0.1) is 5.41 Å². The number of nitrogens with zero attached hydrogens (tertiary/aromatic N) is 1. The maximum absolute atomic E-state index is 12.5. The number of carbonyl (C=O) groups is 1. The number of likely N-dealkylation sites (tertiary alicyclic amines) is 1. The van der Waals surface area contributed by atoms with Gasteiger partial charge in [0.2, 0.25) is 5.91 Å². The normalized spacial score (nSPS) is 25.4. The average molecular weight is 281 g/mol. The molecule has 0 unspecified atom stereocenters. The molecule has 0 atom stereocenters. The number of piperidine rings is 2. The van der Waals surface area contributed by atoms with Crippen LogP contribution in [0.4, 0.5) is 0 Å². The van der Waals surface area contributed by atoms with E-state index < -0.39 is 0 Å². The third-order valence-corrected chi connectivity index (χ3v) is 5.03. The lowest BCUT2D eigenvalue weighted by Gasteiger charge is -2.42. The molecular formula is C16H31N3O. The van der Waals surface area contributed by atoms with Crippen molar-refractivity contribution in [3.05, 3.63) is 0 Å². The Kier molecular flexibility index (Phi) is 4.75. The molecule has 0 spiro atoms. The highest BCUT2D eigenvalue weighted by atomic mass is 16.2. The Morgan fingerprint density at radius 1 is 1.20 bits per heavy atom. The lowest BCUT2D eigenvalue weighted by Crippen LogP contribution is -2.54. The molecule has 2 aliphatic heterocycles. The van der Waals surface area contributed by atoms with Crippen molar-refractivity contribution in [1.82, 2.24) is 15.5 Å². The number of hydrogen-bond acceptors (Lipinski definition) is 3. The van der Waals surface area contributed by atoms with E-state index in [4.69, 9.17) is 0 Å². The molecule has 2 N–H and O–H groups in total. The number of rotatable bonds is 2. The second kappa shape index (κ2) is 6.02. The first-order chi connectivity index (χ1) is 9.31. The minimum absolute atomic E-state index is 0.160. The Balaban J connectivity index is 1.82. The fraction of sp³-hybridized carbons (Fsp3) is 0.938. The van der Waals surface area contributed by atoms with E-state index in [9.17, 15) is 4.79 Å². The number of nitrogens with one attached hydrogen (secondary N) is 2. The van der Waals surface area contributed by atoms with Crippen LogP contribution in [-0.2, 0) is 4.79 Å². The molecule has 0 aromatic rings. The van der Waals surface area contributed by atoms with E-state index in [1.807, 2.05) is 0 Å². The van der Waals surface area contributed by atoms with Gasteiger partial charge in [-0.05, 0) is 59.5 Å². The SMILES string of the molecule is CC1(C(=O)NC2CCN(C(C)(C)C)CC2)CCNCC1. The van der Waals surface area contributed by atoms with Crippen LogP contribution in [0.5, 0.6) is 0 Å². The van der Waals surface area contributed by atoms with Crippen LogP contribution >= 0.6 is 0 Å². The fourth-order valence-electron chi connectivity index (χ4n) is 3.26. The molecule has 4 heteroatoms. The van der Waals surface area contributed by atoms with Gasteiger partial charge in [-0.2, -0.15) is 0 Å². The van der Waals surface area contributed by atoms with Crippen molar-refractivity contribution in [1.29, 1.82) is 0 Å². The van der Waals surface area contributed by atoms with Crippen molar-refractivity contribution in [2.75, 3.05) is 26.2 Å². The van der Waals surface area contributed by atoms with Crippen molar-refractivity contribution in [3.63, 3.8) is 0 Å². The summed E-state index contributed by atoms with van der Waals surface area (Å²) >= 11 is 0. The lowest BCUT2D eigenvalue weighted by molar-refractivity contribution is -0.132. The van der Waals surface area contributed by atoms with Gasteiger partial charge in [-0.3, -0.25) is 9.69 Å². The Morgan fingerprint density at radius 3 is 2.25 bits per heavy atom. The minimum Gasteiger partial charge on any atom is -0.353 e. The fourth-order valence-corrected chi connectivity index (χ4v) is 3.26. The van der Waals surface area contributed by atoms with Gasteiger partial charge in [0.15, 0.2) is 0 Å². The van der Waals surface area contributed by atoms with Gasteiger partial charge in [-0.25, -0.2) is 0 Å². The second-order valence-electron chi connectivity index (χ2n) is 7.72. The van der Waals surface area contributed by atoms with Crippen LogP contribution in [-0.4, -0.2) is 48.6 Å². The molecule has 0 aromatic heterocycles. The highest BCUT2D eigenvalue weighted by molar-refractivity contribution is 5.82. The summed E-state index contributed by atoms with van der Waals surface area (Å²) in [7, 11) is 0. The van der Waals surface area contributed by atoms with Crippen molar-refractivity contribution in [3.8, 4) is 0 Å². The largest absolute Gasteiger partial charge is 0.353 e. The Labute approximate surface area is 123 Å². The van der Waals surface area contributed by atoms with E-state index in [-0.39, 0.29) is 16.9 Å². The molecule has 116 valence electrons. The first-order valence-electron chi connectivity index (χ1n) is 8.08. The standard InChI is InChI=1S/C16H31N3O/c1-15(2,3)19-11-5-13(6-12-19)18-14(20)16(4)7-9-17-10-8-16/h13,17H,5-12H2,1-4H3,(H,18,20). The molecule has 0 radical (unpaired) electrons. The quantitative estimate of drug-likeness (QED) is 0.810. The molecular weight excluding hydrogens is 250 g/mol. The molecule has 0 aromatic carbocycles.